The molecular weight excluding hydrogens is 215 g/mol. The number of rotatable bonds is 1. The summed E-state index contributed by atoms with van der Waals surface area (Å²) in [5.41, 5.74) is 2.43. The maximum Gasteiger partial charge on any atom is 0.123 e. The molecule has 1 aliphatic rings. The van der Waals surface area contributed by atoms with Crippen LogP contribution in [-0.4, -0.2) is 17.7 Å². The average Bonchev–Trinajstić information content (AvgIpc) is 2.67. The van der Waals surface area contributed by atoms with Crippen molar-refractivity contribution < 1.29 is 4.39 Å². The Morgan fingerprint density at radius 2 is 2.24 bits per heavy atom. The standard InChI is InChI=1S/C14H17FN2/c1-17-13-5-4-12(15)7-11(13)8-14(17)10-3-2-6-16-9-10/h4-5,7-8,10,16H,2-3,6,9H2,1H3. The molecule has 2 heterocycles. The smallest absolute Gasteiger partial charge is 0.123 e. The van der Waals surface area contributed by atoms with Gasteiger partial charge in [-0.1, -0.05) is 0 Å². The predicted octanol–water partition coefficient (Wildman–Crippen LogP) is 2.78. The van der Waals surface area contributed by atoms with Gasteiger partial charge >= 0.3 is 0 Å². The van der Waals surface area contributed by atoms with Gasteiger partial charge in [0.25, 0.3) is 0 Å². The van der Waals surface area contributed by atoms with Crippen LogP contribution in [0.5, 0.6) is 0 Å². The van der Waals surface area contributed by atoms with Crippen LogP contribution in [0.15, 0.2) is 24.3 Å². The zero-order valence-electron chi connectivity index (χ0n) is 10.0. The lowest BCUT2D eigenvalue weighted by atomic mass is 9.96. The van der Waals surface area contributed by atoms with Crippen molar-refractivity contribution in [3.05, 3.63) is 35.8 Å². The lowest BCUT2D eigenvalue weighted by Gasteiger charge is -2.23. The number of fused-ring (bicyclic) bond motifs is 1. The Kier molecular flexibility index (Phi) is 2.63. The third-order valence-electron chi connectivity index (χ3n) is 3.76. The van der Waals surface area contributed by atoms with Crippen LogP contribution in [-0.2, 0) is 7.05 Å². The van der Waals surface area contributed by atoms with E-state index in [4.69, 9.17) is 0 Å². The zero-order valence-corrected chi connectivity index (χ0v) is 10.0. The fourth-order valence-corrected chi connectivity index (χ4v) is 2.84. The van der Waals surface area contributed by atoms with E-state index < -0.39 is 0 Å². The molecule has 17 heavy (non-hydrogen) atoms. The van der Waals surface area contributed by atoms with Crippen LogP contribution in [0.3, 0.4) is 0 Å². The molecule has 90 valence electrons. The summed E-state index contributed by atoms with van der Waals surface area (Å²) >= 11 is 0. The Morgan fingerprint density at radius 1 is 1.35 bits per heavy atom. The number of aromatic nitrogens is 1. The minimum atomic E-state index is -0.156. The highest BCUT2D eigenvalue weighted by molar-refractivity contribution is 5.81. The topological polar surface area (TPSA) is 17.0 Å². The summed E-state index contributed by atoms with van der Waals surface area (Å²) in [5, 5.41) is 4.44. The van der Waals surface area contributed by atoms with Crippen LogP contribution < -0.4 is 5.32 Å². The molecular formula is C14H17FN2. The summed E-state index contributed by atoms with van der Waals surface area (Å²) in [6.45, 7) is 2.15. The van der Waals surface area contributed by atoms with Crippen molar-refractivity contribution in [2.24, 2.45) is 7.05 Å². The van der Waals surface area contributed by atoms with Crippen LogP contribution >= 0.6 is 0 Å². The van der Waals surface area contributed by atoms with E-state index in [9.17, 15) is 4.39 Å². The molecule has 1 aliphatic heterocycles. The van der Waals surface area contributed by atoms with E-state index in [1.54, 1.807) is 6.07 Å². The zero-order chi connectivity index (χ0) is 11.8. The molecule has 1 aromatic heterocycles. The highest BCUT2D eigenvalue weighted by Crippen LogP contribution is 2.28. The Labute approximate surface area is 100 Å². The molecule has 1 saturated heterocycles. The summed E-state index contributed by atoms with van der Waals surface area (Å²) in [4.78, 5) is 0. The van der Waals surface area contributed by atoms with E-state index in [2.05, 4.69) is 23.0 Å². The van der Waals surface area contributed by atoms with Gasteiger partial charge in [0.05, 0.1) is 0 Å². The van der Waals surface area contributed by atoms with Gasteiger partial charge in [-0.3, -0.25) is 0 Å². The molecule has 1 fully saturated rings. The lowest BCUT2D eigenvalue weighted by molar-refractivity contribution is 0.448. The second-order valence-corrected chi connectivity index (χ2v) is 4.87. The Bertz CT molecular complexity index is 538. The third kappa shape index (κ3) is 1.84. The maximum atomic E-state index is 13.2. The fraction of sp³-hybridized carbons (Fsp3) is 0.429. The Morgan fingerprint density at radius 3 is 3.00 bits per heavy atom. The number of benzene rings is 1. The van der Waals surface area contributed by atoms with Crippen molar-refractivity contribution >= 4 is 10.9 Å². The van der Waals surface area contributed by atoms with Gasteiger partial charge in [-0.25, -0.2) is 4.39 Å². The van der Waals surface area contributed by atoms with Crippen LogP contribution in [0, 0.1) is 5.82 Å². The largest absolute Gasteiger partial charge is 0.347 e. The monoisotopic (exact) mass is 232 g/mol. The van der Waals surface area contributed by atoms with Crippen molar-refractivity contribution in [1.82, 2.24) is 9.88 Å². The Hall–Kier alpha value is -1.35. The first kappa shape index (κ1) is 10.8. The van der Waals surface area contributed by atoms with Crippen LogP contribution in [0.2, 0.25) is 0 Å². The summed E-state index contributed by atoms with van der Waals surface area (Å²) in [6.07, 6.45) is 2.44. The van der Waals surface area contributed by atoms with Gasteiger partial charge in [0.15, 0.2) is 0 Å². The molecule has 3 rings (SSSR count). The quantitative estimate of drug-likeness (QED) is 0.800. The van der Waals surface area contributed by atoms with Crippen molar-refractivity contribution in [3.8, 4) is 0 Å². The molecule has 0 bridgehead atoms. The number of hydrogen-bond acceptors (Lipinski definition) is 1. The number of aryl methyl sites for hydroxylation is 1. The molecule has 0 spiro atoms. The Balaban J connectivity index is 2.07. The molecule has 2 aromatic rings. The molecule has 3 heteroatoms. The molecule has 1 N–H and O–H groups in total. The maximum absolute atomic E-state index is 13.2. The van der Waals surface area contributed by atoms with Gasteiger partial charge in [0, 0.05) is 36.1 Å². The van der Waals surface area contributed by atoms with Crippen molar-refractivity contribution in [3.63, 3.8) is 0 Å². The number of nitrogens with zero attached hydrogens (tertiary/aromatic N) is 1. The lowest BCUT2D eigenvalue weighted by Crippen LogP contribution is -2.29. The number of halogens is 1. The number of nitrogens with one attached hydrogen (secondary N) is 1. The van der Waals surface area contributed by atoms with Gasteiger partial charge in [-0.2, -0.15) is 0 Å². The third-order valence-corrected chi connectivity index (χ3v) is 3.76. The van der Waals surface area contributed by atoms with Crippen molar-refractivity contribution in [2.75, 3.05) is 13.1 Å². The van der Waals surface area contributed by atoms with E-state index in [-0.39, 0.29) is 5.82 Å². The van der Waals surface area contributed by atoms with Crippen LogP contribution in [0.1, 0.15) is 24.5 Å². The van der Waals surface area contributed by atoms with Crippen LogP contribution in [0.25, 0.3) is 10.9 Å². The normalized spacial score (nSPS) is 20.9. The first-order valence-corrected chi connectivity index (χ1v) is 6.21. The molecule has 0 amide bonds. The minimum absolute atomic E-state index is 0.156. The molecule has 0 saturated carbocycles. The number of hydrogen-bond donors (Lipinski definition) is 1. The number of piperidine rings is 1. The first-order valence-electron chi connectivity index (χ1n) is 6.21. The summed E-state index contributed by atoms with van der Waals surface area (Å²) < 4.78 is 15.4. The molecule has 0 aliphatic carbocycles. The van der Waals surface area contributed by atoms with E-state index >= 15 is 0 Å². The van der Waals surface area contributed by atoms with Crippen molar-refractivity contribution in [2.45, 2.75) is 18.8 Å². The molecule has 2 nitrogen and oxygen atoms in total. The highest BCUT2D eigenvalue weighted by Gasteiger charge is 2.19. The van der Waals surface area contributed by atoms with Gasteiger partial charge < -0.3 is 9.88 Å². The predicted molar refractivity (Wildman–Crippen MR) is 67.7 cm³/mol. The van der Waals surface area contributed by atoms with E-state index in [1.807, 2.05) is 6.07 Å². The highest BCUT2D eigenvalue weighted by atomic mass is 19.1. The minimum Gasteiger partial charge on any atom is -0.347 e. The van der Waals surface area contributed by atoms with E-state index in [0.717, 1.165) is 24.0 Å². The van der Waals surface area contributed by atoms with Crippen molar-refractivity contribution in [1.29, 1.82) is 0 Å². The molecule has 1 unspecified atom stereocenters. The summed E-state index contributed by atoms with van der Waals surface area (Å²) in [7, 11) is 2.07. The summed E-state index contributed by atoms with van der Waals surface area (Å²) in [6, 6.07) is 7.15. The second-order valence-electron chi connectivity index (χ2n) is 4.87. The molecule has 1 aromatic carbocycles. The van der Waals surface area contributed by atoms with Gasteiger partial charge in [0.2, 0.25) is 0 Å². The van der Waals surface area contributed by atoms with Gasteiger partial charge in [-0.05, 0) is 43.7 Å². The second kappa shape index (κ2) is 4.15. The first-order chi connectivity index (χ1) is 8.25. The molecule has 1 atom stereocenters. The van der Waals surface area contributed by atoms with Crippen LogP contribution in [0.4, 0.5) is 4.39 Å². The van der Waals surface area contributed by atoms with E-state index in [1.165, 1.54) is 24.6 Å². The van der Waals surface area contributed by atoms with E-state index in [0.29, 0.717) is 5.92 Å². The van der Waals surface area contributed by atoms with Gasteiger partial charge in [0.1, 0.15) is 5.82 Å². The fourth-order valence-electron chi connectivity index (χ4n) is 2.84. The molecule has 0 radical (unpaired) electrons. The SMILES string of the molecule is Cn1c(C2CCCNC2)cc2cc(F)ccc21. The summed E-state index contributed by atoms with van der Waals surface area (Å²) in [5.74, 6) is 0.403. The van der Waals surface area contributed by atoms with Gasteiger partial charge in [-0.15, -0.1) is 0 Å². The average molecular weight is 232 g/mol.